The number of fused-ring (bicyclic) bond motifs is 1. The summed E-state index contributed by atoms with van der Waals surface area (Å²) in [4.78, 5) is 15.4. The number of para-hydroxylation sites is 1. The van der Waals surface area contributed by atoms with E-state index in [-0.39, 0.29) is 11.4 Å². The van der Waals surface area contributed by atoms with E-state index in [1.165, 1.54) is 11.0 Å². The van der Waals surface area contributed by atoms with E-state index in [9.17, 15) is 9.18 Å². The van der Waals surface area contributed by atoms with E-state index < -0.39 is 0 Å². The molecule has 1 saturated heterocycles. The minimum atomic E-state index is -0.341. The molecule has 0 bridgehead atoms. The number of hydrogen-bond donors (Lipinski definition) is 1. The zero-order valence-corrected chi connectivity index (χ0v) is 15.2. The number of hydrogen-bond acceptors (Lipinski definition) is 4. The Balaban J connectivity index is 1.52. The summed E-state index contributed by atoms with van der Waals surface area (Å²) in [7, 11) is 1.62. The van der Waals surface area contributed by atoms with Crippen LogP contribution in [0.2, 0.25) is 0 Å². The molecule has 1 fully saturated rings. The van der Waals surface area contributed by atoms with Gasteiger partial charge in [0, 0.05) is 17.0 Å². The minimum Gasteiger partial charge on any atom is -0.497 e. The predicted molar refractivity (Wildman–Crippen MR) is 102 cm³/mol. The number of piperazine rings is 1. The molecule has 4 rings (SSSR count). The van der Waals surface area contributed by atoms with E-state index in [0.717, 1.165) is 49.4 Å². The van der Waals surface area contributed by atoms with Crippen molar-refractivity contribution in [3.63, 3.8) is 0 Å². The minimum absolute atomic E-state index is 0.181. The maximum atomic E-state index is 14.0. The molecule has 27 heavy (non-hydrogen) atoms. The number of ether oxygens (including phenoxy) is 1. The van der Waals surface area contributed by atoms with Gasteiger partial charge >= 0.3 is 5.63 Å². The zero-order valence-electron chi connectivity index (χ0n) is 15.2. The van der Waals surface area contributed by atoms with Crippen molar-refractivity contribution < 1.29 is 18.4 Å². The summed E-state index contributed by atoms with van der Waals surface area (Å²) in [5, 5.41) is 0.901. The Bertz CT molecular complexity index is 1010. The third-order valence-corrected chi connectivity index (χ3v) is 5.14. The first kappa shape index (κ1) is 17.5. The first-order valence-corrected chi connectivity index (χ1v) is 9.08. The SMILES string of the molecule is COc1ccc2oc(=O)cc(C[NH+]3CCN(c4ccccc4F)CC3)c2c1. The smallest absolute Gasteiger partial charge is 0.336 e. The van der Waals surface area contributed by atoms with Crippen LogP contribution in [0.5, 0.6) is 5.75 Å². The molecule has 0 spiro atoms. The van der Waals surface area contributed by atoms with Crippen LogP contribution < -0.4 is 20.2 Å². The van der Waals surface area contributed by atoms with Gasteiger partial charge in [-0.25, -0.2) is 9.18 Å². The van der Waals surface area contributed by atoms with Crippen LogP contribution >= 0.6 is 0 Å². The summed E-state index contributed by atoms with van der Waals surface area (Å²) >= 11 is 0. The number of anilines is 1. The van der Waals surface area contributed by atoms with E-state index in [0.29, 0.717) is 11.3 Å². The standard InChI is InChI=1S/C21H21FN2O3/c1-26-16-6-7-20-17(13-16)15(12-21(25)27-20)14-23-8-10-24(11-9-23)19-5-3-2-4-18(19)22/h2-7,12-13H,8-11,14H2,1H3/p+1. The number of benzene rings is 2. The highest BCUT2D eigenvalue weighted by Gasteiger charge is 2.23. The Morgan fingerprint density at radius 3 is 2.67 bits per heavy atom. The third kappa shape index (κ3) is 3.66. The highest BCUT2D eigenvalue weighted by atomic mass is 19.1. The molecule has 140 valence electrons. The van der Waals surface area contributed by atoms with Crippen molar-refractivity contribution in [3.8, 4) is 5.75 Å². The van der Waals surface area contributed by atoms with E-state index in [2.05, 4.69) is 4.90 Å². The third-order valence-electron chi connectivity index (χ3n) is 5.14. The summed E-state index contributed by atoms with van der Waals surface area (Å²) in [6.45, 7) is 4.03. The van der Waals surface area contributed by atoms with Crippen LogP contribution in [0.15, 0.2) is 57.7 Å². The molecule has 2 heterocycles. The van der Waals surface area contributed by atoms with Crippen LogP contribution in [-0.4, -0.2) is 33.3 Å². The summed E-state index contributed by atoms with van der Waals surface area (Å²) in [5.41, 5.74) is 1.84. The summed E-state index contributed by atoms with van der Waals surface area (Å²) in [6.07, 6.45) is 0. The lowest BCUT2D eigenvalue weighted by molar-refractivity contribution is -0.914. The van der Waals surface area contributed by atoms with Gasteiger partial charge in [0.05, 0.1) is 39.0 Å². The molecule has 0 radical (unpaired) electrons. The highest BCUT2D eigenvalue weighted by molar-refractivity contribution is 5.81. The largest absolute Gasteiger partial charge is 0.497 e. The van der Waals surface area contributed by atoms with Crippen molar-refractivity contribution in [1.82, 2.24) is 0 Å². The number of nitrogens with zero attached hydrogens (tertiary/aromatic N) is 1. The van der Waals surface area contributed by atoms with Crippen LogP contribution in [0.1, 0.15) is 5.56 Å². The maximum Gasteiger partial charge on any atom is 0.336 e. The quantitative estimate of drug-likeness (QED) is 0.713. The van der Waals surface area contributed by atoms with Gasteiger partial charge in [-0.2, -0.15) is 0 Å². The normalized spacial score (nSPS) is 15.3. The Kier molecular flexibility index (Phi) is 4.81. The molecule has 5 nitrogen and oxygen atoms in total. The van der Waals surface area contributed by atoms with E-state index in [4.69, 9.17) is 9.15 Å². The van der Waals surface area contributed by atoms with Crippen molar-refractivity contribution in [3.05, 3.63) is 70.3 Å². The second-order valence-corrected chi connectivity index (χ2v) is 6.82. The second-order valence-electron chi connectivity index (χ2n) is 6.82. The topological polar surface area (TPSA) is 47.1 Å². The molecule has 1 N–H and O–H groups in total. The zero-order chi connectivity index (χ0) is 18.8. The van der Waals surface area contributed by atoms with Gasteiger partial charge in [-0.05, 0) is 30.3 Å². The van der Waals surface area contributed by atoms with Gasteiger partial charge in [-0.15, -0.1) is 0 Å². The van der Waals surface area contributed by atoms with Gasteiger partial charge in [0.2, 0.25) is 0 Å². The van der Waals surface area contributed by atoms with Crippen molar-refractivity contribution in [2.45, 2.75) is 6.54 Å². The maximum absolute atomic E-state index is 14.0. The first-order valence-electron chi connectivity index (χ1n) is 9.08. The van der Waals surface area contributed by atoms with Gasteiger partial charge in [-0.3, -0.25) is 0 Å². The van der Waals surface area contributed by atoms with E-state index >= 15 is 0 Å². The number of quaternary nitrogens is 1. The first-order chi connectivity index (χ1) is 13.1. The summed E-state index contributed by atoms with van der Waals surface area (Å²) in [6, 6.07) is 13.9. The van der Waals surface area contributed by atoms with Crippen molar-refractivity contribution in [2.24, 2.45) is 0 Å². The Hall–Kier alpha value is -2.86. The highest BCUT2D eigenvalue weighted by Crippen LogP contribution is 2.23. The molecule has 0 atom stereocenters. The summed E-state index contributed by atoms with van der Waals surface area (Å²) < 4.78 is 24.6. The monoisotopic (exact) mass is 369 g/mol. The lowest BCUT2D eigenvalue weighted by atomic mass is 10.1. The number of methoxy groups -OCH3 is 1. The molecule has 0 saturated carbocycles. The summed E-state index contributed by atoms with van der Waals surface area (Å²) in [5.74, 6) is 0.552. The Morgan fingerprint density at radius 2 is 1.93 bits per heavy atom. The fourth-order valence-corrected chi connectivity index (χ4v) is 3.70. The van der Waals surface area contributed by atoms with Gasteiger partial charge in [0.25, 0.3) is 0 Å². The number of nitrogens with one attached hydrogen (secondary N) is 1. The van der Waals surface area contributed by atoms with Crippen molar-refractivity contribution >= 4 is 16.7 Å². The van der Waals surface area contributed by atoms with Crippen molar-refractivity contribution in [1.29, 1.82) is 0 Å². The molecule has 1 aliphatic rings. The van der Waals surface area contributed by atoms with Gasteiger partial charge in [0.15, 0.2) is 0 Å². The average Bonchev–Trinajstić information content (AvgIpc) is 2.69. The van der Waals surface area contributed by atoms with Gasteiger partial charge in [0.1, 0.15) is 23.7 Å². The van der Waals surface area contributed by atoms with Crippen LogP contribution in [0.4, 0.5) is 10.1 Å². The molecule has 0 unspecified atom stereocenters. The van der Waals surface area contributed by atoms with Gasteiger partial charge in [-0.1, -0.05) is 12.1 Å². The number of halogens is 1. The molecule has 3 aromatic rings. The molecule has 0 aliphatic carbocycles. The fraction of sp³-hybridized carbons (Fsp3) is 0.286. The molecule has 2 aromatic carbocycles. The van der Waals surface area contributed by atoms with Crippen molar-refractivity contribution in [2.75, 3.05) is 38.2 Å². The van der Waals surface area contributed by atoms with Crippen LogP contribution in [0, 0.1) is 5.82 Å². The predicted octanol–water partition coefficient (Wildman–Crippen LogP) is 1.85. The second kappa shape index (κ2) is 7.40. The van der Waals surface area contributed by atoms with Crippen LogP contribution in [-0.2, 0) is 6.54 Å². The molecule has 1 aliphatic heterocycles. The Labute approximate surface area is 156 Å². The Morgan fingerprint density at radius 1 is 1.15 bits per heavy atom. The molecular formula is C21H22FN2O3+. The van der Waals surface area contributed by atoms with E-state index in [1.54, 1.807) is 31.4 Å². The van der Waals surface area contributed by atoms with Crippen LogP contribution in [0.25, 0.3) is 11.0 Å². The lowest BCUT2D eigenvalue weighted by Gasteiger charge is -2.33. The molecular weight excluding hydrogens is 347 g/mol. The lowest BCUT2D eigenvalue weighted by Crippen LogP contribution is -3.13. The van der Waals surface area contributed by atoms with E-state index in [1.807, 2.05) is 18.2 Å². The number of rotatable bonds is 4. The molecule has 0 amide bonds. The van der Waals surface area contributed by atoms with Crippen LogP contribution in [0.3, 0.4) is 0 Å². The molecule has 6 heteroatoms. The molecule has 1 aromatic heterocycles. The van der Waals surface area contributed by atoms with Gasteiger partial charge < -0.3 is 19.0 Å². The fourth-order valence-electron chi connectivity index (χ4n) is 3.70. The average molecular weight is 369 g/mol.